The van der Waals surface area contributed by atoms with Crippen LogP contribution in [0.2, 0.25) is 0 Å². The van der Waals surface area contributed by atoms with Crippen LogP contribution in [0.15, 0.2) is 67.0 Å². The Morgan fingerprint density at radius 1 is 1.03 bits per heavy atom. The average Bonchev–Trinajstić information content (AvgIpc) is 3.19. The highest BCUT2D eigenvalue weighted by atomic mass is 16.5. The summed E-state index contributed by atoms with van der Waals surface area (Å²) >= 11 is 0. The lowest BCUT2D eigenvalue weighted by Gasteiger charge is -2.26. The lowest BCUT2D eigenvalue weighted by Crippen LogP contribution is -2.35. The van der Waals surface area contributed by atoms with Crippen LogP contribution in [0.4, 0.5) is 11.4 Å². The zero-order valence-electron chi connectivity index (χ0n) is 18.5. The molecule has 1 saturated heterocycles. The van der Waals surface area contributed by atoms with Crippen molar-refractivity contribution >= 4 is 34.5 Å². The van der Waals surface area contributed by atoms with Gasteiger partial charge in [0.2, 0.25) is 0 Å². The number of morpholine rings is 1. The van der Waals surface area contributed by atoms with Crippen LogP contribution in [0, 0.1) is 0 Å². The van der Waals surface area contributed by atoms with Gasteiger partial charge in [-0.2, -0.15) is 0 Å². The summed E-state index contributed by atoms with van der Waals surface area (Å²) in [6.07, 6.45) is 3.31. The van der Waals surface area contributed by atoms with Crippen molar-refractivity contribution in [1.82, 2.24) is 9.88 Å². The second-order valence-electron chi connectivity index (χ2n) is 8.22. The number of nitrogens with zero attached hydrogens (tertiary/aromatic N) is 2. The highest BCUT2D eigenvalue weighted by Crippen LogP contribution is 2.38. The first-order valence-corrected chi connectivity index (χ1v) is 11.1. The third-order valence-electron chi connectivity index (χ3n) is 5.96. The van der Waals surface area contributed by atoms with E-state index in [0.717, 1.165) is 44.1 Å². The Morgan fingerprint density at radius 2 is 1.76 bits per heavy atom. The molecule has 5 rings (SSSR count). The van der Waals surface area contributed by atoms with Crippen LogP contribution in [-0.2, 0) is 16.1 Å². The van der Waals surface area contributed by atoms with Crippen LogP contribution in [-0.4, -0.2) is 53.2 Å². The highest BCUT2D eigenvalue weighted by molar-refractivity contribution is 6.37. The van der Waals surface area contributed by atoms with E-state index in [9.17, 15) is 14.7 Å². The van der Waals surface area contributed by atoms with Crippen LogP contribution >= 0.6 is 0 Å². The molecule has 1 amide bonds. The lowest BCUT2D eigenvalue weighted by molar-refractivity contribution is -0.110. The maximum Gasteiger partial charge on any atom is 0.335 e. The SMILES string of the molecule is O=C1Nc2ccc(C(=O)O)cc2/C1=C(/Nc1ccc(CN2CCOCC2)cc1)c1ccncc1. The van der Waals surface area contributed by atoms with Gasteiger partial charge in [0.15, 0.2) is 0 Å². The van der Waals surface area contributed by atoms with Crippen molar-refractivity contribution in [3.63, 3.8) is 0 Å². The number of carbonyl (C=O) groups is 2. The standard InChI is InChI=1S/C26H24N4O4/c31-25-23(21-15-19(26(32)33)3-6-22(21)29-25)24(18-7-9-27-10-8-18)28-20-4-1-17(2-5-20)16-30-11-13-34-14-12-30/h1-10,15,28H,11-14,16H2,(H,29,31)(H,32,33)/b24-23-. The third kappa shape index (κ3) is 4.54. The van der Waals surface area contributed by atoms with Crippen molar-refractivity contribution in [2.75, 3.05) is 36.9 Å². The van der Waals surface area contributed by atoms with E-state index in [1.165, 1.54) is 17.7 Å². The summed E-state index contributed by atoms with van der Waals surface area (Å²) in [5.74, 6) is -1.34. The van der Waals surface area contributed by atoms with E-state index in [4.69, 9.17) is 4.74 Å². The molecule has 1 fully saturated rings. The van der Waals surface area contributed by atoms with Crippen LogP contribution < -0.4 is 10.6 Å². The molecule has 0 spiro atoms. The van der Waals surface area contributed by atoms with Gasteiger partial charge < -0.3 is 20.5 Å². The van der Waals surface area contributed by atoms with Crippen molar-refractivity contribution in [1.29, 1.82) is 0 Å². The van der Waals surface area contributed by atoms with Crippen LogP contribution in [0.5, 0.6) is 0 Å². The molecule has 34 heavy (non-hydrogen) atoms. The molecule has 0 atom stereocenters. The molecule has 0 aliphatic carbocycles. The van der Waals surface area contributed by atoms with E-state index >= 15 is 0 Å². The minimum absolute atomic E-state index is 0.120. The van der Waals surface area contributed by atoms with Crippen molar-refractivity contribution < 1.29 is 19.4 Å². The van der Waals surface area contributed by atoms with Gasteiger partial charge in [0.25, 0.3) is 5.91 Å². The number of aromatic nitrogens is 1. The molecule has 1 aromatic heterocycles. The number of ether oxygens (including phenoxy) is 1. The van der Waals surface area contributed by atoms with Crippen LogP contribution in [0.3, 0.4) is 0 Å². The maximum atomic E-state index is 13.0. The average molecular weight is 457 g/mol. The van der Waals surface area contributed by atoms with Gasteiger partial charge in [-0.15, -0.1) is 0 Å². The summed E-state index contributed by atoms with van der Waals surface area (Å²) in [5.41, 5.74) is 5.01. The summed E-state index contributed by atoms with van der Waals surface area (Å²) in [7, 11) is 0. The number of hydrogen-bond acceptors (Lipinski definition) is 6. The molecule has 2 aliphatic rings. The number of rotatable bonds is 6. The number of hydrogen-bond donors (Lipinski definition) is 3. The summed E-state index contributed by atoms with van der Waals surface area (Å²) in [4.78, 5) is 31.0. The Morgan fingerprint density at radius 3 is 2.47 bits per heavy atom. The van der Waals surface area contributed by atoms with Gasteiger partial charge in [0.1, 0.15) is 0 Å². The Kier molecular flexibility index (Phi) is 6.07. The monoisotopic (exact) mass is 456 g/mol. The topological polar surface area (TPSA) is 104 Å². The maximum absolute atomic E-state index is 13.0. The van der Waals surface area contributed by atoms with E-state index in [1.54, 1.807) is 18.5 Å². The smallest absolute Gasteiger partial charge is 0.335 e. The van der Waals surface area contributed by atoms with Crippen LogP contribution in [0.1, 0.15) is 27.0 Å². The first kappa shape index (κ1) is 21.8. The molecule has 172 valence electrons. The normalized spacial score (nSPS) is 17.1. The molecule has 3 heterocycles. The fourth-order valence-electron chi connectivity index (χ4n) is 4.20. The van der Waals surface area contributed by atoms with Gasteiger partial charge in [0, 0.05) is 54.5 Å². The van der Waals surface area contributed by atoms with E-state index < -0.39 is 5.97 Å². The molecule has 2 aliphatic heterocycles. The third-order valence-corrected chi connectivity index (χ3v) is 5.96. The van der Waals surface area contributed by atoms with Gasteiger partial charge in [0.05, 0.1) is 30.0 Å². The number of fused-ring (bicyclic) bond motifs is 1. The Hall–Kier alpha value is -4.01. The number of aromatic carboxylic acids is 1. The second kappa shape index (κ2) is 9.46. The van der Waals surface area contributed by atoms with Crippen molar-refractivity contribution in [2.24, 2.45) is 0 Å². The van der Waals surface area contributed by atoms with Crippen molar-refractivity contribution in [2.45, 2.75) is 6.54 Å². The number of amides is 1. The number of benzene rings is 2. The number of carbonyl (C=O) groups excluding carboxylic acids is 1. The minimum atomic E-state index is -1.05. The van der Waals surface area contributed by atoms with Crippen molar-refractivity contribution in [3.05, 3.63) is 89.2 Å². The molecule has 0 unspecified atom stereocenters. The van der Waals surface area contributed by atoms with E-state index in [2.05, 4.69) is 32.7 Å². The quantitative estimate of drug-likeness (QED) is 0.488. The highest BCUT2D eigenvalue weighted by Gasteiger charge is 2.29. The number of carboxylic acids is 1. The van der Waals surface area contributed by atoms with Gasteiger partial charge in [-0.3, -0.25) is 14.7 Å². The number of nitrogens with one attached hydrogen (secondary N) is 2. The molecule has 2 aromatic carbocycles. The molecule has 3 aromatic rings. The first-order valence-electron chi connectivity index (χ1n) is 11.1. The summed E-state index contributed by atoms with van der Waals surface area (Å²) < 4.78 is 5.42. The summed E-state index contributed by atoms with van der Waals surface area (Å²) in [6, 6.07) is 16.4. The molecule has 8 heteroatoms. The fraction of sp³-hybridized carbons (Fsp3) is 0.192. The zero-order chi connectivity index (χ0) is 23.5. The Bertz CT molecular complexity index is 1250. The van der Waals surface area contributed by atoms with E-state index in [-0.39, 0.29) is 11.5 Å². The number of pyridine rings is 1. The Balaban J connectivity index is 1.50. The molecule has 8 nitrogen and oxygen atoms in total. The molecule has 0 saturated carbocycles. The van der Waals surface area contributed by atoms with Crippen LogP contribution in [0.25, 0.3) is 11.3 Å². The van der Waals surface area contributed by atoms with Gasteiger partial charge in [-0.1, -0.05) is 12.1 Å². The molecular formula is C26H24N4O4. The largest absolute Gasteiger partial charge is 0.478 e. The fourth-order valence-corrected chi connectivity index (χ4v) is 4.20. The summed E-state index contributed by atoms with van der Waals surface area (Å²) in [6.45, 7) is 4.22. The zero-order valence-corrected chi connectivity index (χ0v) is 18.5. The summed E-state index contributed by atoms with van der Waals surface area (Å²) in [5, 5.41) is 15.7. The van der Waals surface area contributed by atoms with E-state index in [1.807, 2.05) is 24.3 Å². The number of carboxylic acid groups (broad SMARTS) is 1. The van der Waals surface area contributed by atoms with Gasteiger partial charge >= 0.3 is 5.97 Å². The molecule has 0 radical (unpaired) electrons. The predicted octanol–water partition coefficient (Wildman–Crippen LogP) is 3.54. The van der Waals surface area contributed by atoms with Gasteiger partial charge in [-0.05, 0) is 48.0 Å². The number of anilines is 2. The molecule has 3 N–H and O–H groups in total. The first-order chi connectivity index (χ1) is 16.6. The van der Waals surface area contributed by atoms with Gasteiger partial charge in [-0.25, -0.2) is 4.79 Å². The second-order valence-corrected chi connectivity index (χ2v) is 8.22. The lowest BCUT2D eigenvalue weighted by atomic mass is 9.99. The minimum Gasteiger partial charge on any atom is -0.478 e. The molecular weight excluding hydrogens is 432 g/mol. The van der Waals surface area contributed by atoms with E-state index in [0.29, 0.717) is 22.5 Å². The Labute approximate surface area is 196 Å². The molecule has 0 bridgehead atoms. The predicted molar refractivity (Wildman–Crippen MR) is 129 cm³/mol. The van der Waals surface area contributed by atoms with Crippen molar-refractivity contribution in [3.8, 4) is 0 Å².